The number of carbonyl (C=O) groups is 1. The summed E-state index contributed by atoms with van der Waals surface area (Å²) < 4.78 is 11.7. The minimum absolute atomic E-state index is 0.0529. The Balaban J connectivity index is 1.75. The molecule has 1 heterocycles. The summed E-state index contributed by atoms with van der Waals surface area (Å²) >= 11 is 0. The molecule has 1 aliphatic rings. The second-order valence-electron chi connectivity index (χ2n) is 6.64. The van der Waals surface area contributed by atoms with Crippen LogP contribution in [0.25, 0.3) is 0 Å². The molecule has 1 N–H and O–H groups in total. The Hall–Kier alpha value is -1.59. The number of carboxylic acid groups (broad SMARTS) is 1. The molecule has 1 aromatic rings. The highest BCUT2D eigenvalue weighted by atomic mass is 16.5. The average Bonchev–Trinajstić information content (AvgIpc) is 2.62. The molecule has 25 heavy (non-hydrogen) atoms. The first-order chi connectivity index (χ1) is 12.2. The molecule has 2 rings (SSSR count). The van der Waals surface area contributed by atoms with E-state index in [0.717, 1.165) is 44.0 Å². The lowest BCUT2D eigenvalue weighted by molar-refractivity contribution is -0.137. The number of benzene rings is 1. The van der Waals surface area contributed by atoms with Crippen molar-refractivity contribution in [3.8, 4) is 5.75 Å². The molecule has 1 saturated heterocycles. The largest absolute Gasteiger partial charge is 0.494 e. The number of ether oxygens (including phenoxy) is 2. The third-order valence-electron chi connectivity index (χ3n) is 4.53. The SMILES string of the molecule is CCCCCCOc1ccc([C@@H]2CN(CCCC(=O)O)CCO2)cc1. The van der Waals surface area contributed by atoms with Crippen molar-refractivity contribution in [2.24, 2.45) is 0 Å². The molecule has 0 saturated carbocycles. The molecule has 0 unspecified atom stereocenters. The predicted molar refractivity (Wildman–Crippen MR) is 98.1 cm³/mol. The summed E-state index contributed by atoms with van der Waals surface area (Å²) in [6, 6.07) is 8.18. The lowest BCUT2D eigenvalue weighted by atomic mass is 10.1. The van der Waals surface area contributed by atoms with E-state index in [1.165, 1.54) is 19.3 Å². The van der Waals surface area contributed by atoms with Gasteiger partial charge in [-0.15, -0.1) is 0 Å². The lowest BCUT2D eigenvalue weighted by Gasteiger charge is -2.33. The van der Waals surface area contributed by atoms with Crippen molar-refractivity contribution in [3.63, 3.8) is 0 Å². The second-order valence-corrected chi connectivity index (χ2v) is 6.64. The van der Waals surface area contributed by atoms with Crippen molar-refractivity contribution in [2.45, 2.75) is 51.6 Å². The maximum atomic E-state index is 10.6. The molecule has 1 aromatic carbocycles. The van der Waals surface area contributed by atoms with Crippen molar-refractivity contribution >= 4 is 5.97 Å². The Morgan fingerprint density at radius 2 is 2.04 bits per heavy atom. The summed E-state index contributed by atoms with van der Waals surface area (Å²) in [6.45, 7) is 6.17. The van der Waals surface area contributed by atoms with Gasteiger partial charge >= 0.3 is 5.97 Å². The molecule has 0 amide bonds. The highest BCUT2D eigenvalue weighted by Crippen LogP contribution is 2.24. The van der Waals surface area contributed by atoms with E-state index < -0.39 is 5.97 Å². The van der Waals surface area contributed by atoms with Gasteiger partial charge in [0, 0.05) is 19.5 Å². The predicted octanol–water partition coefficient (Wildman–Crippen LogP) is 3.88. The topological polar surface area (TPSA) is 59.0 Å². The van der Waals surface area contributed by atoms with Gasteiger partial charge in [0.05, 0.1) is 19.3 Å². The van der Waals surface area contributed by atoms with Crippen molar-refractivity contribution < 1.29 is 19.4 Å². The number of rotatable bonds is 11. The summed E-state index contributed by atoms with van der Waals surface area (Å²) in [4.78, 5) is 12.9. The Kier molecular flexibility index (Phi) is 8.77. The van der Waals surface area contributed by atoms with E-state index in [1.54, 1.807) is 0 Å². The zero-order chi connectivity index (χ0) is 17.9. The minimum atomic E-state index is -0.727. The number of aliphatic carboxylic acids is 1. The Morgan fingerprint density at radius 1 is 1.24 bits per heavy atom. The van der Waals surface area contributed by atoms with E-state index in [4.69, 9.17) is 14.6 Å². The van der Waals surface area contributed by atoms with Crippen LogP contribution in [0.3, 0.4) is 0 Å². The first-order valence-corrected chi connectivity index (χ1v) is 9.47. The number of morpholine rings is 1. The van der Waals surface area contributed by atoms with E-state index in [9.17, 15) is 4.79 Å². The summed E-state index contributed by atoms with van der Waals surface area (Å²) in [7, 11) is 0. The first-order valence-electron chi connectivity index (χ1n) is 9.47. The molecule has 1 aliphatic heterocycles. The molecule has 0 aromatic heterocycles. The fourth-order valence-corrected chi connectivity index (χ4v) is 3.06. The molecule has 0 aliphatic carbocycles. The highest BCUT2D eigenvalue weighted by Gasteiger charge is 2.21. The number of hydrogen-bond acceptors (Lipinski definition) is 4. The fourth-order valence-electron chi connectivity index (χ4n) is 3.06. The van der Waals surface area contributed by atoms with Gasteiger partial charge in [-0.1, -0.05) is 38.3 Å². The van der Waals surface area contributed by atoms with Crippen LogP contribution < -0.4 is 4.74 Å². The maximum Gasteiger partial charge on any atom is 0.303 e. The monoisotopic (exact) mass is 349 g/mol. The summed E-state index contributed by atoms with van der Waals surface area (Å²) in [5.41, 5.74) is 1.15. The van der Waals surface area contributed by atoms with Crippen LogP contribution in [0.1, 0.15) is 57.1 Å². The van der Waals surface area contributed by atoms with Gasteiger partial charge in [-0.05, 0) is 37.1 Å². The van der Waals surface area contributed by atoms with Crippen LogP contribution in [-0.2, 0) is 9.53 Å². The van der Waals surface area contributed by atoms with Crippen LogP contribution in [0.4, 0.5) is 0 Å². The quantitative estimate of drug-likeness (QED) is 0.614. The van der Waals surface area contributed by atoms with E-state index in [1.807, 2.05) is 12.1 Å². The molecule has 0 bridgehead atoms. The van der Waals surface area contributed by atoms with Gasteiger partial charge in [0.25, 0.3) is 0 Å². The Labute approximate surface area is 150 Å². The van der Waals surface area contributed by atoms with Crippen LogP contribution in [0, 0.1) is 0 Å². The third kappa shape index (κ3) is 7.45. The van der Waals surface area contributed by atoms with Gasteiger partial charge < -0.3 is 14.6 Å². The molecule has 0 spiro atoms. The van der Waals surface area contributed by atoms with Crippen molar-refractivity contribution in [2.75, 3.05) is 32.8 Å². The highest BCUT2D eigenvalue weighted by molar-refractivity contribution is 5.66. The lowest BCUT2D eigenvalue weighted by Crippen LogP contribution is -2.38. The summed E-state index contributed by atoms with van der Waals surface area (Å²) in [6.07, 6.45) is 5.80. The normalized spacial score (nSPS) is 18.2. The van der Waals surface area contributed by atoms with Gasteiger partial charge in [0.15, 0.2) is 0 Å². The zero-order valence-electron chi connectivity index (χ0n) is 15.3. The average molecular weight is 349 g/mol. The molecule has 0 radical (unpaired) electrons. The van der Waals surface area contributed by atoms with Crippen LogP contribution >= 0.6 is 0 Å². The van der Waals surface area contributed by atoms with E-state index in [2.05, 4.69) is 24.0 Å². The van der Waals surface area contributed by atoms with E-state index >= 15 is 0 Å². The van der Waals surface area contributed by atoms with E-state index in [0.29, 0.717) is 13.0 Å². The second kappa shape index (κ2) is 11.1. The summed E-state index contributed by atoms with van der Waals surface area (Å²) in [5, 5.41) is 8.75. The first kappa shape index (κ1) is 19.7. The number of carboxylic acids is 1. The summed E-state index contributed by atoms with van der Waals surface area (Å²) in [5.74, 6) is 0.185. The molecule has 5 nitrogen and oxygen atoms in total. The number of hydrogen-bond donors (Lipinski definition) is 1. The number of nitrogens with zero attached hydrogens (tertiary/aromatic N) is 1. The van der Waals surface area contributed by atoms with Gasteiger partial charge in [-0.3, -0.25) is 9.69 Å². The van der Waals surface area contributed by atoms with Gasteiger partial charge in [-0.2, -0.15) is 0 Å². The smallest absolute Gasteiger partial charge is 0.303 e. The van der Waals surface area contributed by atoms with Crippen LogP contribution in [-0.4, -0.2) is 48.8 Å². The molecular formula is C20H31NO4. The minimum Gasteiger partial charge on any atom is -0.494 e. The van der Waals surface area contributed by atoms with Crippen molar-refractivity contribution in [1.82, 2.24) is 4.90 Å². The molecule has 1 fully saturated rings. The standard InChI is InChI=1S/C20H31NO4/c1-2-3-4-5-14-24-18-10-8-17(9-11-18)19-16-21(13-15-25-19)12-6-7-20(22)23/h8-11,19H,2-7,12-16H2,1H3,(H,22,23)/t19-/m0/s1. The van der Waals surface area contributed by atoms with Gasteiger partial charge in [-0.25, -0.2) is 0 Å². The Bertz CT molecular complexity index is 503. The molecule has 1 atom stereocenters. The maximum absolute atomic E-state index is 10.6. The third-order valence-corrected chi connectivity index (χ3v) is 4.53. The molecular weight excluding hydrogens is 318 g/mol. The van der Waals surface area contributed by atoms with E-state index in [-0.39, 0.29) is 12.5 Å². The Morgan fingerprint density at radius 3 is 2.76 bits per heavy atom. The number of unbranched alkanes of at least 4 members (excludes halogenated alkanes) is 3. The van der Waals surface area contributed by atoms with Gasteiger partial charge in [0.2, 0.25) is 0 Å². The zero-order valence-corrected chi connectivity index (χ0v) is 15.3. The molecule has 140 valence electrons. The molecule has 5 heteroatoms. The van der Waals surface area contributed by atoms with Crippen molar-refractivity contribution in [3.05, 3.63) is 29.8 Å². The van der Waals surface area contributed by atoms with Gasteiger partial charge in [0.1, 0.15) is 5.75 Å². The van der Waals surface area contributed by atoms with Crippen LogP contribution in [0.5, 0.6) is 5.75 Å². The fraction of sp³-hybridized carbons (Fsp3) is 0.650. The van der Waals surface area contributed by atoms with Crippen molar-refractivity contribution in [1.29, 1.82) is 0 Å². The van der Waals surface area contributed by atoms with Crippen LogP contribution in [0.15, 0.2) is 24.3 Å². The van der Waals surface area contributed by atoms with Crippen LogP contribution in [0.2, 0.25) is 0 Å².